The van der Waals surface area contributed by atoms with Crippen LogP contribution in [-0.2, 0) is 19.7 Å². The lowest BCUT2D eigenvalue weighted by Gasteiger charge is -2.61. The van der Waals surface area contributed by atoms with Gasteiger partial charge in [-0.05, 0) is 98.4 Å². The van der Waals surface area contributed by atoms with Crippen molar-refractivity contribution in [3.63, 3.8) is 0 Å². The second-order valence-electron chi connectivity index (χ2n) is 10.9. The number of hydrogen-bond donors (Lipinski definition) is 2. The number of hydrazine groups is 1. The van der Waals surface area contributed by atoms with Crippen molar-refractivity contribution in [2.75, 3.05) is 6.61 Å². The molecule has 2 unspecified atom stereocenters. The van der Waals surface area contributed by atoms with E-state index in [9.17, 15) is 18.8 Å². The highest BCUT2D eigenvalue weighted by molar-refractivity contribution is 5.95. The lowest BCUT2D eigenvalue weighted by atomic mass is 9.43. The average molecular weight is 479 g/mol. The summed E-state index contributed by atoms with van der Waals surface area (Å²) in [6.45, 7) is 3.75. The number of carbonyl (C=O) groups is 3. The topological polar surface area (TPSA) is 84.5 Å². The summed E-state index contributed by atoms with van der Waals surface area (Å²) in [6.07, 6.45) is 5.72. The van der Waals surface area contributed by atoms with Crippen molar-refractivity contribution in [2.45, 2.75) is 57.8 Å². The number of ether oxygens (including phenoxy) is 1. The minimum Gasteiger partial charge on any atom is -0.455 e. The molecule has 35 heavy (non-hydrogen) atoms. The van der Waals surface area contributed by atoms with Gasteiger partial charge in [-0.15, -0.1) is 0 Å². The number of halogens is 1. The third-order valence-corrected chi connectivity index (χ3v) is 8.38. The smallest absolute Gasteiger partial charge is 0.312 e. The van der Waals surface area contributed by atoms with Crippen LogP contribution in [-0.4, -0.2) is 24.4 Å². The molecule has 0 spiro atoms. The number of benzene rings is 2. The minimum absolute atomic E-state index is 0.0163. The van der Waals surface area contributed by atoms with Gasteiger partial charge in [-0.25, -0.2) is 4.39 Å². The Hall–Kier alpha value is -3.22. The predicted molar refractivity (Wildman–Crippen MR) is 128 cm³/mol. The maximum Gasteiger partial charge on any atom is 0.312 e. The van der Waals surface area contributed by atoms with Crippen LogP contribution in [0.1, 0.15) is 65.6 Å². The first-order valence-electron chi connectivity index (χ1n) is 12.3. The van der Waals surface area contributed by atoms with E-state index in [1.54, 1.807) is 0 Å². The first-order valence-corrected chi connectivity index (χ1v) is 12.3. The van der Waals surface area contributed by atoms with Gasteiger partial charge in [-0.3, -0.25) is 25.2 Å². The van der Waals surface area contributed by atoms with E-state index in [0.717, 1.165) is 44.6 Å². The Labute approximate surface area is 204 Å². The van der Waals surface area contributed by atoms with Gasteiger partial charge in [0.15, 0.2) is 6.61 Å². The number of amides is 2. The van der Waals surface area contributed by atoms with Crippen LogP contribution in [0.5, 0.6) is 0 Å². The Kier molecular flexibility index (Phi) is 5.90. The summed E-state index contributed by atoms with van der Waals surface area (Å²) in [5.41, 5.74) is 7.45. The van der Waals surface area contributed by atoms with E-state index >= 15 is 0 Å². The molecule has 4 bridgehead atoms. The van der Waals surface area contributed by atoms with Gasteiger partial charge in [-0.2, -0.15) is 0 Å². The van der Waals surface area contributed by atoms with E-state index in [0.29, 0.717) is 11.8 Å². The van der Waals surface area contributed by atoms with Crippen molar-refractivity contribution in [2.24, 2.45) is 17.3 Å². The van der Waals surface area contributed by atoms with Gasteiger partial charge < -0.3 is 4.74 Å². The van der Waals surface area contributed by atoms with Gasteiger partial charge >= 0.3 is 5.97 Å². The highest BCUT2D eigenvalue weighted by atomic mass is 19.1. The highest BCUT2D eigenvalue weighted by Crippen LogP contribution is 2.66. The molecule has 0 saturated heterocycles. The SMILES string of the molecule is Cc1ccc(C23C[C@@H]4C[C@@H](CC(C(=O)OCC(=O)NNC(=O)c5ccccc5F)(C4)C2)C3)cc1C. The third-order valence-electron chi connectivity index (χ3n) is 8.38. The van der Waals surface area contributed by atoms with Crippen molar-refractivity contribution >= 4 is 17.8 Å². The Bertz CT molecular complexity index is 1180. The summed E-state index contributed by atoms with van der Waals surface area (Å²) in [7, 11) is 0. The summed E-state index contributed by atoms with van der Waals surface area (Å²) >= 11 is 0. The van der Waals surface area contributed by atoms with Crippen LogP contribution < -0.4 is 10.9 Å². The summed E-state index contributed by atoms with van der Waals surface area (Å²) in [6, 6.07) is 12.2. The van der Waals surface area contributed by atoms with Crippen LogP contribution in [0.3, 0.4) is 0 Å². The number of esters is 1. The van der Waals surface area contributed by atoms with E-state index in [1.807, 2.05) is 0 Å². The van der Waals surface area contributed by atoms with Crippen molar-refractivity contribution in [3.8, 4) is 0 Å². The molecular formula is C28H31FN2O4. The predicted octanol–water partition coefficient (Wildman–Crippen LogP) is 4.28. The Morgan fingerprint density at radius 3 is 2.37 bits per heavy atom. The number of nitrogens with one attached hydrogen (secondary N) is 2. The molecule has 6 rings (SSSR count). The normalized spacial score (nSPS) is 28.4. The number of carbonyl (C=O) groups excluding carboxylic acids is 3. The van der Waals surface area contributed by atoms with E-state index in [4.69, 9.17) is 4.74 Å². The third kappa shape index (κ3) is 4.32. The van der Waals surface area contributed by atoms with Gasteiger partial charge in [0.1, 0.15) is 5.82 Å². The molecule has 0 heterocycles. The summed E-state index contributed by atoms with van der Waals surface area (Å²) < 4.78 is 19.2. The van der Waals surface area contributed by atoms with Gasteiger partial charge in [0.05, 0.1) is 11.0 Å². The molecule has 0 aliphatic heterocycles. The second-order valence-corrected chi connectivity index (χ2v) is 10.9. The first-order chi connectivity index (χ1) is 16.7. The molecule has 0 aromatic heterocycles. The molecule has 4 fully saturated rings. The summed E-state index contributed by atoms with van der Waals surface area (Å²) in [5.74, 6) is -1.49. The second kappa shape index (κ2) is 8.77. The summed E-state index contributed by atoms with van der Waals surface area (Å²) in [5, 5.41) is 0. The maximum atomic E-state index is 13.7. The molecule has 2 N–H and O–H groups in total. The van der Waals surface area contributed by atoms with Gasteiger partial charge in [-0.1, -0.05) is 30.3 Å². The zero-order valence-corrected chi connectivity index (χ0v) is 20.2. The molecule has 2 amide bonds. The van der Waals surface area contributed by atoms with Crippen LogP contribution in [0.2, 0.25) is 0 Å². The van der Waals surface area contributed by atoms with Crippen LogP contribution in [0, 0.1) is 36.9 Å². The van der Waals surface area contributed by atoms with E-state index in [2.05, 4.69) is 42.9 Å². The van der Waals surface area contributed by atoms with Crippen LogP contribution in [0.4, 0.5) is 4.39 Å². The standard InChI is InChI=1S/C28H31FN2O4/c1-17-7-8-21(9-18(17)2)27-11-19-10-20(12-27)14-28(13-19,16-27)26(34)35-15-24(32)30-31-25(33)22-5-3-4-6-23(22)29/h3-9,19-20H,10-16H2,1-2H3,(H,30,32)(H,31,33)/t19-,20+,27?,28?. The van der Waals surface area contributed by atoms with Crippen LogP contribution in [0.15, 0.2) is 42.5 Å². The van der Waals surface area contributed by atoms with Crippen LogP contribution in [0.25, 0.3) is 0 Å². The molecule has 184 valence electrons. The van der Waals surface area contributed by atoms with Gasteiger partial charge in [0.2, 0.25) is 0 Å². The molecule has 2 aromatic rings. The fraction of sp³-hybridized carbons (Fsp3) is 0.464. The van der Waals surface area contributed by atoms with Gasteiger partial charge in [0, 0.05) is 0 Å². The van der Waals surface area contributed by atoms with Crippen LogP contribution >= 0.6 is 0 Å². The largest absolute Gasteiger partial charge is 0.455 e. The Morgan fingerprint density at radius 1 is 0.971 bits per heavy atom. The molecule has 6 nitrogen and oxygen atoms in total. The molecule has 4 aliphatic rings. The first kappa shape index (κ1) is 23.5. The Balaban J connectivity index is 1.23. The van der Waals surface area contributed by atoms with Crippen molar-refractivity contribution in [3.05, 3.63) is 70.5 Å². The van der Waals surface area contributed by atoms with Crippen molar-refractivity contribution in [1.82, 2.24) is 10.9 Å². The number of hydrogen-bond acceptors (Lipinski definition) is 4. The minimum atomic E-state index is -0.779. The summed E-state index contributed by atoms with van der Waals surface area (Å²) in [4.78, 5) is 37.7. The molecule has 0 radical (unpaired) electrons. The molecule has 4 aliphatic carbocycles. The van der Waals surface area contributed by atoms with Crippen molar-refractivity contribution in [1.29, 1.82) is 0 Å². The lowest BCUT2D eigenvalue weighted by molar-refractivity contribution is -0.175. The van der Waals surface area contributed by atoms with Crippen molar-refractivity contribution < 1.29 is 23.5 Å². The maximum absolute atomic E-state index is 13.7. The van der Waals surface area contributed by atoms with E-state index in [1.165, 1.54) is 34.9 Å². The molecule has 4 saturated carbocycles. The van der Waals surface area contributed by atoms with E-state index < -0.39 is 29.7 Å². The number of rotatable bonds is 5. The zero-order chi connectivity index (χ0) is 24.8. The monoisotopic (exact) mass is 478 g/mol. The fourth-order valence-electron chi connectivity index (χ4n) is 7.07. The molecule has 4 atom stereocenters. The molecule has 2 aromatic carbocycles. The quantitative estimate of drug-likeness (QED) is 0.496. The Morgan fingerprint density at radius 2 is 1.69 bits per heavy atom. The van der Waals surface area contributed by atoms with Gasteiger partial charge in [0.25, 0.3) is 11.8 Å². The molecule has 7 heteroatoms. The average Bonchev–Trinajstić information content (AvgIpc) is 2.82. The number of aryl methyl sites for hydroxylation is 2. The zero-order valence-electron chi connectivity index (χ0n) is 20.2. The molecular weight excluding hydrogens is 447 g/mol. The fourth-order valence-corrected chi connectivity index (χ4v) is 7.07. The lowest BCUT2D eigenvalue weighted by Crippen LogP contribution is -2.57. The van der Waals surface area contributed by atoms with E-state index in [-0.39, 0.29) is 16.9 Å². The highest BCUT2D eigenvalue weighted by Gasteiger charge is 2.61.